The molecule has 1 atom stereocenters. The SMILES string of the molecule is C[C@]1(C(=O)Nc2ccc(Cl)cc2C(=O)c2ccccc2)CC=CN1Cc1ccccc1F. The van der Waals surface area contributed by atoms with Crippen LogP contribution >= 0.6 is 11.6 Å². The average molecular weight is 449 g/mol. The molecule has 1 N–H and O–H groups in total. The quantitative estimate of drug-likeness (QED) is 0.483. The molecule has 0 aromatic heterocycles. The standard InChI is InChI=1S/C26H22ClFN2O2/c1-26(14-7-15-30(26)17-19-10-5-6-11-22(19)28)25(32)29-23-13-12-20(27)16-21(23)24(31)18-8-3-2-4-9-18/h2-13,15-16H,14,17H2,1H3,(H,29,32)/t26-/m1/s1. The zero-order chi connectivity index (χ0) is 22.7. The van der Waals surface area contributed by atoms with Crippen molar-refractivity contribution < 1.29 is 14.0 Å². The monoisotopic (exact) mass is 448 g/mol. The molecule has 1 amide bonds. The summed E-state index contributed by atoms with van der Waals surface area (Å²) in [7, 11) is 0. The number of ketones is 1. The van der Waals surface area contributed by atoms with Gasteiger partial charge in [-0.05, 0) is 43.8 Å². The van der Waals surface area contributed by atoms with Crippen LogP contribution in [0.1, 0.15) is 34.8 Å². The molecule has 0 aliphatic carbocycles. The molecule has 32 heavy (non-hydrogen) atoms. The fourth-order valence-corrected chi connectivity index (χ4v) is 3.94. The average Bonchev–Trinajstić information content (AvgIpc) is 3.18. The molecule has 0 saturated carbocycles. The van der Waals surface area contributed by atoms with Gasteiger partial charge < -0.3 is 10.2 Å². The summed E-state index contributed by atoms with van der Waals surface area (Å²) in [5.74, 6) is -0.839. The third kappa shape index (κ3) is 4.30. The van der Waals surface area contributed by atoms with Gasteiger partial charge in [-0.15, -0.1) is 0 Å². The van der Waals surface area contributed by atoms with Crippen LogP contribution in [-0.4, -0.2) is 22.1 Å². The molecule has 4 nitrogen and oxygen atoms in total. The smallest absolute Gasteiger partial charge is 0.250 e. The third-order valence-electron chi connectivity index (χ3n) is 5.73. The van der Waals surface area contributed by atoms with Crippen LogP contribution in [-0.2, 0) is 11.3 Å². The summed E-state index contributed by atoms with van der Waals surface area (Å²) < 4.78 is 14.2. The number of benzene rings is 3. The second-order valence-electron chi connectivity index (χ2n) is 7.92. The van der Waals surface area contributed by atoms with Gasteiger partial charge in [0.05, 0.1) is 5.69 Å². The van der Waals surface area contributed by atoms with Gasteiger partial charge >= 0.3 is 0 Å². The highest BCUT2D eigenvalue weighted by atomic mass is 35.5. The maximum Gasteiger partial charge on any atom is 0.250 e. The first-order valence-electron chi connectivity index (χ1n) is 10.3. The summed E-state index contributed by atoms with van der Waals surface area (Å²) in [6, 6.07) is 20.1. The number of hydrogen-bond acceptors (Lipinski definition) is 3. The van der Waals surface area contributed by atoms with E-state index in [1.165, 1.54) is 6.07 Å². The van der Waals surface area contributed by atoms with E-state index in [1.807, 2.05) is 23.2 Å². The normalized spacial score (nSPS) is 17.4. The van der Waals surface area contributed by atoms with Crippen LogP contribution in [0.5, 0.6) is 0 Å². The van der Waals surface area contributed by atoms with Gasteiger partial charge in [-0.1, -0.05) is 66.2 Å². The Bertz CT molecular complexity index is 1200. The summed E-state index contributed by atoms with van der Waals surface area (Å²) >= 11 is 6.15. The number of nitrogens with one attached hydrogen (secondary N) is 1. The van der Waals surface area contributed by atoms with Gasteiger partial charge in [-0.2, -0.15) is 0 Å². The minimum atomic E-state index is -0.936. The van der Waals surface area contributed by atoms with E-state index < -0.39 is 5.54 Å². The van der Waals surface area contributed by atoms with Gasteiger partial charge in [0.1, 0.15) is 11.4 Å². The Balaban J connectivity index is 1.60. The molecule has 3 aromatic carbocycles. The highest BCUT2D eigenvalue weighted by Gasteiger charge is 2.40. The largest absolute Gasteiger partial charge is 0.359 e. The lowest BCUT2D eigenvalue weighted by atomic mass is 9.95. The van der Waals surface area contributed by atoms with Crippen molar-refractivity contribution in [3.8, 4) is 0 Å². The van der Waals surface area contributed by atoms with E-state index in [9.17, 15) is 14.0 Å². The van der Waals surface area contributed by atoms with Gasteiger partial charge in [-0.3, -0.25) is 9.59 Å². The van der Waals surface area contributed by atoms with E-state index in [1.54, 1.807) is 67.6 Å². The highest BCUT2D eigenvalue weighted by molar-refractivity contribution is 6.31. The molecular weight excluding hydrogens is 427 g/mol. The molecule has 1 aliphatic rings. The minimum absolute atomic E-state index is 0.235. The zero-order valence-corrected chi connectivity index (χ0v) is 18.3. The van der Waals surface area contributed by atoms with Crippen molar-refractivity contribution in [1.82, 2.24) is 4.90 Å². The zero-order valence-electron chi connectivity index (χ0n) is 17.5. The van der Waals surface area contributed by atoms with E-state index in [4.69, 9.17) is 11.6 Å². The topological polar surface area (TPSA) is 49.4 Å². The Hall–Kier alpha value is -3.44. The Morgan fingerprint density at radius 3 is 2.53 bits per heavy atom. The maximum absolute atomic E-state index is 14.2. The van der Waals surface area contributed by atoms with Crippen LogP contribution in [0.4, 0.5) is 10.1 Å². The van der Waals surface area contributed by atoms with Crippen LogP contribution in [0.15, 0.2) is 85.1 Å². The molecule has 1 aliphatic heterocycles. The van der Waals surface area contributed by atoms with Crippen LogP contribution in [0.3, 0.4) is 0 Å². The fourth-order valence-electron chi connectivity index (χ4n) is 3.77. The van der Waals surface area contributed by atoms with Gasteiger partial charge in [-0.25, -0.2) is 4.39 Å². The van der Waals surface area contributed by atoms with Crippen molar-refractivity contribution in [2.24, 2.45) is 0 Å². The molecular formula is C26H22ClFN2O2. The van der Waals surface area contributed by atoms with Crippen molar-refractivity contribution in [3.63, 3.8) is 0 Å². The first kappa shape index (κ1) is 21.8. The number of carbonyl (C=O) groups excluding carboxylic acids is 2. The van der Waals surface area contributed by atoms with Gasteiger partial charge in [0.25, 0.3) is 0 Å². The van der Waals surface area contributed by atoms with Crippen molar-refractivity contribution in [1.29, 1.82) is 0 Å². The summed E-state index contributed by atoms with van der Waals surface area (Å²) in [6.45, 7) is 2.06. The number of amides is 1. The van der Waals surface area contributed by atoms with Gasteiger partial charge in [0, 0.05) is 28.3 Å². The lowest BCUT2D eigenvalue weighted by molar-refractivity contribution is -0.125. The molecule has 3 aromatic rings. The van der Waals surface area contributed by atoms with Crippen molar-refractivity contribution in [2.75, 3.05) is 5.32 Å². The lowest BCUT2D eigenvalue weighted by Crippen LogP contribution is -2.49. The first-order valence-corrected chi connectivity index (χ1v) is 10.6. The van der Waals surface area contributed by atoms with Crippen molar-refractivity contribution >= 4 is 29.0 Å². The number of hydrogen-bond donors (Lipinski definition) is 1. The molecule has 0 fully saturated rings. The lowest BCUT2D eigenvalue weighted by Gasteiger charge is -2.35. The summed E-state index contributed by atoms with van der Waals surface area (Å²) in [4.78, 5) is 28.3. The first-order chi connectivity index (χ1) is 15.4. The maximum atomic E-state index is 14.2. The van der Waals surface area contributed by atoms with Gasteiger partial charge in [0.15, 0.2) is 5.78 Å². The fraction of sp³-hybridized carbons (Fsp3) is 0.154. The number of halogens is 2. The molecule has 162 valence electrons. The number of rotatable bonds is 6. The number of anilines is 1. The molecule has 0 radical (unpaired) electrons. The molecule has 1 heterocycles. The highest BCUT2D eigenvalue weighted by Crippen LogP contribution is 2.32. The van der Waals surface area contributed by atoms with E-state index in [2.05, 4.69) is 5.32 Å². The van der Waals surface area contributed by atoms with E-state index in [0.717, 1.165) is 0 Å². The second-order valence-corrected chi connectivity index (χ2v) is 8.36. The molecule has 4 rings (SSSR count). The predicted octanol–water partition coefficient (Wildman–Crippen LogP) is 5.83. The molecule has 0 unspecified atom stereocenters. The van der Waals surface area contributed by atoms with E-state index in [-0.39, 0.29) is 24.1 Å². The van der Waals surface area contributed by atoms with Gasteiger partial charge in [0.2, 0.25) is 5.91 Å². The van der Waals surface area contributed by atoms with Crippen LogP contribution in [0.2, 0.25) is 5.02 Å². The summed E-state index contributed by atoms with van der Waals surface area (Å²) in [5.41, 5.74) is 0.763. The van der Waals surface area contributed by atoms with Crippen LogP contribution in [0, 0.1) is 5.82 Å². The third-order valence-corrected chi connectivity index (χ3v) is 5.97. The Morgan fingerprint density at radius 1 is 1.06 bits per heavy atom. The van der Waals surface area contributed by atoms with Crippen molar-refractivity contribution in [2.45, 2.75) is 25.4 Å². The van der Waals surface area contributed by atoms with E-state index in [0.29, 0.717) is 33.8 Å². The number of nitrogens with zero attached hydrogens (tertiary/aromatic N) is 1. The minimum Gasteiger partial charge on any atom is -0.359 e. The molecule has 0 bridgehead atoms. The Labute approximate surface area is 191 Å². The van der Waals surface area contributed by atoms with Crippen molar-refractivity contribution in [3.05, 3.63) is 113 Å². The molecule has 0 saturated heterocycles. The molecule has 6 heteroatoms. The van der Waals surface area contributed by atoms with Crippen LogP contribution < -0.4 is 5.32 Å². The Kier molecular flexibility index (Phi) is 6.10. The van der Waals surface area contributed by atoms with Crippen LogP contribution in [0.25, 0.3) is 0 Å². The van der Waals surface area contributed by atoms with E-state index >= 15 is 0 Å². The summed E-state index contributed by atoms with van der Waals surface area (Å²) in [6.07, 6.45) is 4.16. The molecule has 0 spiro atoms. The summed E-state index contributed by atoms with van der Waals surface area (Å²) in [5, 5.41) is 3.31. The predicted molar refractivity (Wildman–Crippen MR) is 124 cm³/mol. The Morgan fingerprint density at radius 2 is 1.78 bits per heavy atom. The number of carbonyl (C=O) groups is 2. The second kappa shape index (κ2) is 8.97.